The van der Waals surface area contributed by atoms with Crippen molar-refractivity contribution in [2.24, 2.45) is 5.73 Å². The van der Waals surface area contributed by atoms with Crippen molar-refractivity contribution < 1.29 is 8.78 Å². The molecule has 0 aliphatic rings. The maximum Gasteiger partial charge on any atom is 0.132 e. The number of nitrogens with zero attached hydrogens (tertiary/aromatic N) is 1. The van der Waals surface area contributed by atoms with Crippen LogP contribution in [0, 0.1) is 23.0 Å². The van der Waals surface area contributed by atoms with E-state index >= 15 is 0 Å². The average molecular weight is 194 g/mol. The molecule has 1 aromatic carbocycles. The fraction of sp³-hybridized carbons (Fsp3) is 0.100. The van der Waals surface area contributed by atoms with Crippen LogP contribution in [0.3, 0.4) is 0 Å². The topological polar surface area (TPSA) is 49.8 Å². The van der Waals surface area contributed by atoms with E-state index in [9.17, 15) is 8.78 Å². The summed E-state index contributed by atoms with van der Waals surface area (Å²) in [5.74, 6) is -1.65. The normalized spacial score (nSPS) is 11.9. The first-order valence-corrected chi connectivity index (χ1v) is 3.87. The summed E-state index contributed by atoms with van der Waals surface area (Å²) in [7, 11) is 0. The summed E-state index contributed by atoms with van der Waals surface area (Å²) >= 11 is 0. The maximum atomic E-state index is 13.2. The van der Waals surface area contributed by atoms with Crippen LogP contribution in [-0.4, -0.2) is 0 Å². The quantitative estimate of drug-likeness (QED) is 0.732. The van der Waals surface area contributed by atoms with Gasteiger partial charge in [0, 0.05) is 5.56 Å². The molecule has 0 aromatic heterocycles. The third-order valence-electron chi connectivity index (χ3n) is 1.80. The Morgan fingerprint density at radius 3 is 2.29 bits per heavy atom. The second-order valence-electron chi connectivity index (χ2n) is 2.73. The van der Waals surface area contributed by atoms with Gasteiger partial charge in [-0.05, 0) is 12.1 Å². The van der Waals surface area contributed by atoms with Crippen molar-refractivity contribution in [3.63, 3.8) is 0 Å². The van der Waals surface area contributed by atoms with Crippen LogP contribution >= 0.6 is 0 Å². The van der Waals surface area contributed by atoms with Gasteiger partial charge in [0.15, 0.2) is 0 Å². The zero-order chi connectivity index (χ0) is 10.7. The summed E-state index contributed by atoms with van der Waals surface area (Å²) in [6.07, 6.45) is 1.23. The molecule has 1 unspecified atom stereocenters. The van der Waals surface area contributed by atoms with E-state index in [1.165, 1.54) is 6.08 Å². The minimum absolute atomic E-state index is 0.0694. The Kier molecular flexibility index (Phi) is 2.95. The SMILES string of the molecule is C=CC(N)c1c(F)cc(C#N)cc1F. The van der Waals surface area contributed by atoms with Crippen LogP contribution in [0.5, 0.6) is 0 Å². The Balaban J connectivity index is 3.33. The highest BCUT2D eigenvalue weighted by molar-refractivity contribution is 5.36. The number of rotatable bonds is 2. The molecule has 0 bridgehead atoms. The molecule has 0 radical (unpaired) electrons. The van der Waals surface area contributed by atoms with E-state index in [1.54, 1.807) is 6.07 Å². The van der Waals surface area contributed by atoms with Gasteiger partial charge in [-0.2, -0.15) is 5.26 Å². The molecule has 4 heteroatoms. The molecule has 1 atom stereocenters. The van der Waals surface area contributed by atoms with E-state index in [0.29, 0.717) is 0 Å². The first kappa shape index (κ1) is 10.4. The summed E-state index contributed by atoms with van der Waals surface area (Å²) in [5.41, 5.74) is 5.07. The molecule has 0 fully saturated rings. The molecule has 0 heterocycles. The van der Waals surface area contributed by atoms with E-state index < -0.39 is 17.7 Å². The molecular formula is C10H8F2N2. The van der Waals surface area contributed by atoms with Gasteiger partial charge < -0.3 is 5.73 Å². The van der Waals surface area contributed by atoms with Crippen molar-refractivity contribution in [1.29, 1.82) is 5.26 Å². The molecule has 2 N–H and O–H groups in total. The third kappa shape index (κ3) is 1.78. The lowest BCUT2D eigenvalue weighted by molar-refractivity contribution is 0.545. The molecule has 72 valence electrons. The van der Waals surface area contributed by atoms with Crippen molar-refractivity contribution in [2.75, 3.05) is 0 Å². The van der Waals surface area contributed by atoms with Crippen LogP contribution in [0.25, 0.3) is 0 Å². The van der Waals surface area contributed by atoms with Gasteiger partial charge in [0.05, 0.1) is 17.7 Å². The van der Waals surface area contributed by atoms with Crippen molar-refractivity contribution in [1.82, 2.24) is 0 Å². The fourth-order valence-electron chi connectivity index (χ4n) is 1.09. The van der Waals surface area contributed by atoms with Crippen LogP contribution in [0.2, 0.25) is 0 Å². The highest BCUT2D eigenvalue weighted by atomic mass is 19.1. The van der Waals surface area contributed by atoms with Crippen LogP contribution in [0.15, 0.2) is 24.8 Å². The number of halogens is 2. The van der Waals surface area contributed by atoms with E-state index in [0.717, 1.165) is 12.1 Å². The van der Waals surface area contributed by atoms with Crippen LogP contribution in [0.1, 0.15) is 17.2 Å². The fourth-order valence-corrected chi connectivity index (χ4v) is 1.09. The smallest absolute Gasteiger partial charge is 0.132 e. The lowest BCUT2D eigenvalue weighted by Gasteiger charge is -2.09. The van der Waals surface area contributed by atoms with Gasteiger partial charge in [-0.15, -0.1) is 6.58 Å². The van der Waals surface area contributed by atoms with E-state index in [4.69, 9.17) is 11.0 Å². The summed E-state index contributed by atoms with van der Waals surface area (Å²) in [6.45, 7) is 3.34. The molecule has 0 saturated carbocycles. The van der Waals surface area contributed by atoms with E-state index in [-0.39, 0.29) is 11.1 Å². The van der Waals surface area contributed by atoms with Crippen molar-refractivity contribution >= 4 is 0 Å². The third-order valence-corrected chi connectivity index (χ3v) is 1.80. The van der Waals surface area contributed by atoms with Gasteiger partial charge >= 0.3 is 0 Å². The predicted molar refractivity (Wildman–Crippen MR) is 48.2 cm³/mol. The standard InChI is InChI=1S/C10H8F2N2/c1-2-9(14)10-7(11)3-6(5-13)4-8(10)12/h2-4,9H,1,14H2. The van der Waals surface area contributed by atoms with Crippen LogP contribution in [-0.2, 0) is 0 Å². The van der Waals surface area contributed by atoms with Gasteiger partial charge in [-0.1, -0.05) is 6.08 Å². The minimum Gasteiger partial charge on any atom is -0.321 e. The summed E-state index contributed by atoms with van der Waals surface area (Å²) < 4.78 is 26.4. The second kappa shape index (κ2) is 3.99. The predicted octanol–water partition coefficient (Wildman–Crippen LogP) is 2.02. The van der Waals surface area contributed by atoms with E-state index in [2.05, 4.69) is 6.58 Å². The molecular weight excluding hydrogens is 186 g/mol. The van der Waals surface area contributed by atoms with Gasteiger partial charge in [-0.3, -0.25) is 0 Å². The van der Waals surface area contributed by atoms with Crippen molar-refractivity contribution in [2.45, 2.75) is 6.04 Å². The molecule has 0 saturated heterocycles. The minimum atomic E-state index is -0.900. The van der Waals surface area contributed by atoms with E-state index in [1.807, 2.05) is 0 Å². The Hall–Kier alpha value is -1.73. The summed E-state index contributed by atoms with van der Waals surface area (Å²) in [4.78, 5) is 0. The monoisotopic (exact) mass is 194 g/mol. The molecule has 1 rings (SSSR count). The first-order valence-electron chi connectivity index (χ1n) is 3.87. The molecule has 1 aromatic rings. The number of nitrogens with two attached hydrogens (primary N) is 1. The average Bonchev–Trinajstić information content (AvgIpc) is 2.16. The molecule has 0 amide bonds. The highest BCUT2D eigenvalue weighted by Gasteiger charge is 2.15. The van der Waals surface area contributed by atoms with Crippen molar-refractivity contribution in [3.05, 3.63) is 47.5 Å². The summed E-state index contributed by atoms with van der Waals surface area (Å²) in [6, 6.07) is 2.64. The lowest BCUT2D eigenvalue weighted by atomic mass is 10.0. The molecule has 14 heavy (non-hydrogen) atoms. The Labute approximate surface area is 80.3 Å². The second-order valence-corrected chi connectivity index (χ2v) is 2.73. The van der Waals surface area contributed by atoms with Gasteiger partial charge in [-0.25, -0.2) is 8.78 Å². The van der Waals surface area contributed by atoms with Gasteiger partial charge in [0.1, 0.15) is 11.6 Å². The lowest BCUT2D eigenvalue weighted by Crippen LogP contribution is -2.11. The molecule has 0 spiro atoms. The zero-order valence-electron chi connectivity index (χ0n) is 7.30. The number of nitriles is 1. The Morgan fingerprint density at radius 2 is 1.93 bits per heavy atom. The maximum absolute atomic E-state index is 13.2. The summed E-state index contributed by atoms with van der Waals surface area (Å²) in [5, 5.41) is 8.44. The molecule has 0 aliphatic heterocycles. The number of hydrogen-bond donors (Lipinski definition) is 1. The molecule has 0 aliphatic carbocycles. The van der Waals surface area contributed by atoms with Crippen molar-refractivity contribution in [3.8, 4) is 6.07 Å². The Morgan fingerprint density at radius 1 is 1.43 bits per heavy atom. The number of hydrogen-bond acceptors (Lipinski definition) is 2. The number of benzene rings is 1. The van der Waals surface area contributed by atoms with Crippen LogP contribution in [0.4, 0.5) is 8.78 Å². The van der Waals surface area contributed by atoms with Gasteiger partial charge in [0.25, 0.3) is 0 Å². The Bertz CT molecular complexity index is 384. The van der Waals surface area contributed by atoms with Gasteiger partial charge in [0.2, 0.25) is 0 Å². The highest BCUT2D eigenvalue weighted by Crippen LogP contribution is 2.21. The first-order chi connectivity index (χ1) is 6.60. The molecule has 2 nitrogen and oxygen atoms in total. The van der Waals surface area contributed by atoms with Crippen LogP contribution < -0.4 is 5.73 Å². The largest absolute Gasteiger partial charge is 0.321 e. The zero-order valence-corrected chi connectivity index (χ0v) is 7.30.